The molecule has 0 aliphatic carbocycles. The molecule has 1 fully saturated rings. The van der Waals surface area contributed by atoms with Crippen molar-refractivity contribution in [3.05, 3.63) is 30.1 Å². The Balaban J connectivity index is 1.85. The summed E-state index contributed by atoms with van der Waals surface area (Å²) in [6.07, 6.45) is 2.06. The van der Waals surface area contributed by atoms with Crippen LogP contribution in [-0.4, -0.2) is 43.2 Å². The average Bonchev–Trinajstić information content (AvgIpc) is 2.77. The molecule has 1 amide bonds. The van der Waals surface area contributed by atoms with Gasteiger partial charge in [0.05, 0.1) is 18.6 Å². The number of hydrogen-bond acceptors (Lipinski definition) is 4. The highest BCUT2D eigenvalue weighted by Gasteiger charge is 2.27. The van der Waals surface area contributed by atoms with Crippen LogP contribution in [0.1, 0.15) is 5.69 Å². The Morgan fingerprint density at radius 2 is 2.47 bits per heavy atom. The van der Waals surface area contributed by atoms with Crippen LogP contribution < -0.4 is 10.6 Å². The van der Waals surface area contributed by atoms with Crippen LogP contribution in [0.2, 0.25) is 0 Å². The molecule has 0 aromatic carbocycles. The zero-order chi connectivity index (χ0) is 12.1. The van der Waals surface area contributed by atoms with Crippen LogP contribution in [0.5, 0.6) is 0 Å². The minimum Gasteiger partial charge on any atom is -0.378 e. The molecule has 1 saturated heterocycles. The normalized spacial score (nSPS) is 23.6. The van der Waals surface area contributed by atoms with E-state index in [2.05, 4.69) is 15.6 Å². The predicted molar refractivity (Wildman–Crippen MR) is 63.5 cm³/mol. The van der Waals surface area contributed by atoms with Gasteiger partial charge in [0, 0.05) is 32.1 Å². The third kappa shape index (κ3) is 3.25. The molecule has 5 heteroatoms. The van der Waals surface area contributed by atoms with Crippen molar-refractivity contribution in [3.63, 3.8) is 0 Å². The minimum absolute atomic E-state index is 0.0144. The van der Waals surface area contributed by atoms with Gasteiger partial charge in [-0.05, 0) is 12.1 Å². The quantitative estimate of drug-likeness (QED) is 0.754. The first-order valence-corrected chi connectivity index (χ1v) is 5.72. The number of pyridine rings is 1. The Labute approximate surface area is 101 Å². The first-order valence-electron chi connectivity index (χ1n) is 5.72. The van der Waals surface area contributed by atoms with Crippen molar-refractivity contribution in [3.8, 4) is 0 Å². The number of hydrogen-bond donors (Lipinski definition) is 2. The summed E-state index contributed by atoms with van der Waals surface area (Å²) < 4.78 is 5.28. The van der Waals surface area contributed by atoms with Gasteiger partial charge in [-0.15, -0.1) is 0 Å². The van der Waals surface area contributed by atoms with Crippen molar-refractivity contribution in [1.82, 2.24) is 15.6 Å². The van der Waals surface area contributed by atoms with Gasteiger partial charge in [0.25, 0.3) is 0 Å². The van der Waals surface area contributed by atoms with E-state index >= 15 is 0 Å². The van der Waals surface area contributed by atoms with Crippen LogP contribution in [-0.2, 0) is 16.0 Å². The molecule has 1 aromatic rings. The molecule has 0 spiro atoms. The van der Waals surface area contributed by atoms with E-state index < -0.39 is 0 Å². The second kappa shape index (κ2) is 5.75. The van der Waals surface area contributed by atoms with Crippen molar-refractivity contribution in [2.75, 3.05) is 20.2 Å². The number of methoxy groups -OCH3 is 1. The smallest absolute Gasteiger partial charge is 0.226 e. The molecule has 0 bridgehead atoms. The van der Waals surface area contributed by atoms with Gasteiger partial charge in [-0.3, -0.25) is 9.78 Å². The summed E-state index contributed by atoms with van der Waals surface area (Å²) >= 11 is 0. The fourth-order valence-corrected chi connectivity index (χ4v) is 1.97. The lowest BCUT2D eigenvalue weighted by atomic mass is 10.2. The molecule has 92 valence electrons. The fourth-order valence-electron chi connectivity index (χ4n) is 1.97. The van der Waals surface area contributed by atoms with E-state index in [1.807, 2.05) is 18.2 Å². The fraction of sp³-hybridized carbons (Fsp3) is 0.500. The molecule has 0 radical (unpaired) electrons. The Kier molecular flexibility index (Phi) is 4.06. The first kappa shape index (κ1) is 12.0. The van der Waals surface area contributed by atoms with E-state index in [0.717, 1.165) is 18.8 Å². The third-order valence-corrected chi connectivity index (χ3v) is 2.88. The van der Waals surface area contributed by atoms with Gasteiger partial charge in [0.15, 0.2) is 0 Å². The van der Waals surface area contributed by atoms with Gasteiger partial charge in [-0.1, -0.05) is 6.07 Å². The number of aromatic nitrogens is 1. The molecule has 1 aliphatic rings. The number of rotatable bonds is 4. The summed E-state index contributed by atoms with van der Waals surface area (Å²) in [5, 5.41) is 6.15. The van der Waals surface area contributed by atoms with Gasteiger partial charge in [-0.25, -0.2) is 0 Å². The number of carbonyl (C=O) groups excluding carboxylic acids is 1. The summed E-state index contributed by atoms with van der Waals surface area (Å²) in [7, 11) is 1.66. The van der Waals surface area contributed by atoms with Gasteiger partial charge in [-0.2, -0.15) is 0 Å². The van der Waals surface area contributed by atoms with E-state index in [4.69, 9.17) is 4.74 Å². The lowest BCUT2D eigenvalue weighted by Crippen LogP contribution is -2.44. The molecule has 2 atom stereocenters. The zero-order valence-corrected chi connectivity index (χ0v) is 9.85. The molecule has 1 aliphatic heterocycles. The average molecular weight is 235 g/mol. The third-order valence-electron chi connectivity index (χ3n) is 2.88. The van der Waals surface area contributed by atoms with Crippen LogP contribution in [0.4, 0.5) is 0 Å². The molecule has 5 nitrogen and oxygen atoms in total. The van der Waals surface area contributed by atoms with Gasteiger partial charge < -0.3 is 15.4 Å². The first-order chi connectivity index (χ1) is 8.29. The maximum Gasteiger partial charge on any atom is 0.226 e. The summed E-state index contributed by atoms with van der Waals surface area (Å²) in [6.45, 7) is 1.54. The van der Waals surface area contributed by atoms with Crippen LogP contribution in [0.3, 0.4) is 0 Å². The molecular weight excluding hydrogens is 218 g/mol. The standard InChI is InChI=1S/C12H17N3O2/c1-17-11-8-13-7-10(11)15-12(16)6-9-4-2-3-5-14-9/h2-5,10-11,13H,6-8H2,1H3,(H,15,16)/t10?,11-/m0/s1. The Morgan fingerprint density at radius 3 is 3.18 bits per heavy atom. The molecule has 2 N–H and O–H groups in total. The van der Waals surface area contributed by atoms with E-state index in [0.29, 0.717) is 6.42 Å². The molecule has 0 saturated carbocycles. The number of amides is 1. The minimum atomic E-state index is -0.0144. The Hall–Kier alpha value is -1.46. The van der Waals surface area contributed by atoms with Crippen LogP contribution in [0, 0.1) is 0 Å². The predicted octanol–water partition coefficient (Wildman–Crippen LogP) is -0.273. The maximum atomic E-state index is 11.8. The number of nitrogens with one attached hydrogen (secondary N) is 2. The van der Waals surface area contributed by atoms with Crippen molar-refractivity contribution >= 4 is 5.91 Å². The second-order valence-electron chi connectivity index (χ2n) is 4.10. The molecular formula is C12H17N3O2. The molecule has 17 heavy (non-hydrogen) atoms. The molecule has 2 heterocycles. The summed E-state index contributed by atoms with van der Waals surface area (Å²) in [5.74, 6) is -0.0144. The molecule has 1 unspecified atom stereocenters. The second-order valence-corrected chi connectivity index (χ2v) is 4.10. The van der Waals surface area contributed by atoms with Crippen molar-refractivity contribution in [2.45, 2.75) is 18.6 Å². The number of carbonyl (C=O) groups is 1. The maximum absolute atomic E-state index is 11.8. The lowest BCUT2D eigenvalue weighted by Gasteiger charge is -2.18. The van der Waals surface area contributed by atoms with E-state index in [-0.39, 0.29) is 18.1 Å². The largest absolute Gasteiger partial charge is 0.378 e. The Bertz CT molecular complexity index is 369. The number of ether oxygens (including phenoxy) is 1. The zero-order valence-electron chi connectivity index (χ0n) is 9.85. The highest BCUT2D eigenvalue weighted by atomic mass is 16.5. The topological polar surface area (TPSA) is 63.2 Å². The van der Waals surface area contributed by atoms with Crippen molar-refractivity contribution in [2.24, 2.45) is 0 Å². The van der Waals surface area contributed by atoms with Crippen LogP contribution in [0.15, 0.2) is 24.4 Å². The van der Waals surface area contributed by atoms with Crippen LogP contribution in [0.25, 0.3) is 0 Å². The summed E-state index contributed by atoms with van der Waals surface area (Å²) in [5.41, 5.74) is 0.782. The molecule has 1 aromatic heterocycles. The van der Waals surface area contributed by atoms with Gasteiger partial charge in [0.2, 0.25) is 5.91 Å². The SMILES string of the molecule is CO[C@H]1CNCC1NC(=O)Cc1ccccn1. The van der Waals surface area contributed by atoms with E-state index in [1.165, 1.54) is 0 Å². The highest BCUT2D eigenvalue weighted by Crippen LogP contribution is 2.04. The van der Waals surface area contributed by atoms with Gasteiger partial charge >= 0.3 is 0 Å². The summed E-state index contributed by atoms with van der Waals surface area (Å²) in [6, 6.07) is 5.62. The van der Waals surface area contributed by atoms with Crippen LogP contribution >= 0.6 is 0 Å². The number of nitrogens with zero attached hydrogens (tertiary/aromatic N) is 1. The van der Waals surface area contributed by atoms with Crippen molar-refractivity contribution in [1.29, 1.82) is 0 Å². The lowest BCUT2D eigenvalue weighted by molar-refractivity contribution is -0.121. The molecule has 2 rings (SSSR count). The monoisotopic (exact) mass is 235 g/mol. The highest BCUT2D eigenvalue weighted by molar-refractivity contribution is 5.78. The Morgan fingerprint density at radius 1 is 1.59 bits per heavy atom. The van der Waals surface area contributed by atoms with E-state index in [1.54, 1.807) is 13.3 Å². The van der Waals surface area contributed by atoms with E-state index in [9.17, 15) is 4.79 Å². The summed E-state index contributed by atoms with van der Waals surface area (Å²) in [4.78, 5) is 15.9. The van der Waals surface area contributed by atoms with Crippen molar-refractivity contribution < 1.29 is 9.53 Å². The van der Waals surface area contributed by atoms with Gasteiger partial charge in [0.1, 0.15) is 0 Å².